The Bertz CT molecular complexity index is 281. The molecule has 0 spiro atoms. The van der Waals surface area contributed by atoms with Crippen LogP contribution in [-0.4, -0.2) is 28.3 Å². The summed E-state index contributed by atoms with van der Waals surface area (Å²) in [5.74, 6) is 0. The molecule has 0 bridgehead atoms. The van der Waals surface area contributed by atoms with Crippen molar-refractivity contribution in [3.05, 3.63) is 18.0 Å². The van der Waals surface area contributed by atoms with Crippen molar-refractivity contribution in [1.29, 1.82) is 0 Å². The van der Waals surface area contributed by atoms with Crippen LogP contribution in [0.2, 0.25) is 0 Å². The summed E-state index contributed by atoms with van der Waals surface area (Å²) in [5.41, 5.74) is 1.31. The second kappa shape index (κ2) is 4.94. The second-order valence-electron chi connectivity index (χ2n) is 3.61. The minimum atomic E-state index is 0.549. The topological polar surface area (TPSA) is 27.1 Å². The first-order valence-electron chi connectivity index (χ1n) is 5.07. The number of hydrogen-bond acceptors (Lipinski definition) is 2. The molecule has 0 aromatic carbocycles. The Morgan fingerprint density at radius 3 is 3.00 bits per heavy atom. The smallest absolute Gasteiger partial charge is 0.0563 e. The normalized spacial score (nSPS) is 18.6. The molecular formula is C10H15BrN2O. The summed E-state index contributed by atoms with van der Waals surface area (Å²) in [5, 5.41) is 5.41. The number of nitrogens with zero attached hydrogens (tertiary/aromatic N) is 2. The maximum atomic E-state index is 5.33. The Balaban J connectivity index is 2.00. The summed E-state index contributed by atoms with van der Waals surface area (Å²) in [4.78, 5) is 0. The lowest BCUT2D eigenvalue weighted by molar-refractivity contribution is 0.0662. The molecule has 1 aromatic rings. The predicted molar refractivity (Wildman–Crippen MR) is 58.8 cm³/mol. The van der Waals surface area contributed by atoms with Gasteiger partial charge in [-0.05, 0) is 24.8 Å². The first kappa shape index (κ1) is 10.2. The van der Waals surface area contributed by atoms with Gasteiger partial charge in [0, 0.05) is 24.7 Å². The molecule has 0 unspecified atom stereocenters. The molecule has 0 radical (unpaired) electrons. The largest absolute Gasteiger partial charge is 0.381 e. The third kappa shape index (κ3) is 2.36. The predicted octanol–water partition coefficient (Wildman–Crippen LogP) is 2.17. The van der Waals surface area contributed by atoms with Gasteiger partial charge in [-0.1, -0.05) is 15.9 Å². The Morgan fingerprint density at radius 2 is 2.29 bits per heavy atom. The molecule has 1 aliphatic rings. The van der Waals surface area contributed by atoms with Crippen LogP contribution >= 0.6 is 15.9 Å². The molecule has 0 aliphatic carbocycles. The van der Waals surface area contributed by atoms with Crippen LogP contribution in [0.1, 0.15) is 24.4 Å². The van der Waals surface area contributed by atoms with Gasteiger partial charge in [0.2, 0.25) is 0 Å². The molecule has 1 fully saturated rings. The minimum Gasteiger partial charge on any atom is -0.381 e. The Labute approximate surface area is 92.6 Å². The van der Waals surface area contributed by atoms with Crippen molar-refractivity contribution >= 4 is 15.9 Å². The summed E-state index contributed by atoms with van der Waals surface area (Å²) in [6.45, 7) is 1.75. The molecule has 3 nitrogen and oxygen atoms in total. The zero-order valence-electron chi connectivity index (χ0n) is 8.16. The Morgan fingerprint density at radius 1 is 1.50 bits per heavy atom. The molecule has 0 atom stereocenters. The molecule has 0 N–H and O–H groups in total. The number of rotatable bonds is 3. The fraction of sp³-hybridized carbons (Fsp3) is 0.700. The fourth-order valence-electron chi connectivity index (χ4n) is 1.76. The van der Waals surface area contributed by atoms with E-state index in [9.17, 15) is 0 Å². The van der Waals surface area contributed by atoms with Crippen LogP contribution in [0.4, 0.5) is 0 Å². The summed E-state index contributed by atoms with van der Waals surface area (Å²) >= 11 is 3.43. The molecular weight excluding hydrogens is 244 g/mol. The molecule has 14 heavy (non-hydrogen) atoms. The molecule has 1 aliphatic heterocycles. The van der Waals surface area contributed by atoms with E-state index in [4.69, 9.17) is 4.74 Å². The van der Waals surface area contributed by atoms with Crippen molar-refractivity contribution in [1.82, 2.24) is 9.78 Å². The maximum Gasteiger partial charge on any atom is 0.0563 e. The lowest BCUT2D eigenvalue weighted by atomic mass is 10.1. The number of ether oxygens (including phenoxy) is 1. The van der Waals surface area contributed by atoms with Crippen LogP contribution in [0, 0.1) is 0 Å². The van der Waals surface area contributed by atoms with E-state index in [1.54, 1.807) is 0 Å². The molecule has 2 rings (SSSR count). The van der Waals surface area contributed by atoms with E-state index >= 15 is 0 Å². The molecule has 1 aromatic heterocycles. The Kier molecular flexibility index (Phi) is 3.59. The van der Waals surface area contributed by atoms with E-state index < -0.39 is 0 Å². The minimum absolute atomic E-state index is 0.549. The van der Waals surface area contributed by atoms with Crippen molar-refractivity contribution in [2.45, 2.75) is 25.3 Å². The van der Waals surface area contributed by atoms with Gasteiger partial charge in [-0.25, -0.2) is 0 Å². The lowest BCUT2D eigenvalue weighted by Crippen LogP contribution is -2.19. The van der Waals surface area contributed by atoms with E-state index in [0.29, 0.717) is 6.04 Å². The molecule has 4 heteroatoms. The molecule has 1 saturated heterocycles. The maximum absolute atomic E-state index is 5.33. The third-order valence-corrected chi connectivity index (χ3v) is 3.00. The number of halogens is 1. The molecule has 2 heterocycles. The van der Waals surface area contributed by atoms with Crippen LogP contribution < -0.4 is 0 Å². The molecule has 0 amide bonds. The van der Waals surface area contributed by atoms with E-state index in [2.05, 4.69) is 31.9 Å². The van der Waals surface area contributed by atoms with Crippen molar-refractivity contribution in [3.63, 3.8) is 0 Å². The molecule has 0 saturated carbocycles. The van der Waals surface area contributed by atoms with Gasteiger partial charge in [0.25, 0.3) is 0 Å². The van der Waals surface area contributed by atoms with Crippen molar-refractivity contribution in [2.75, 3.05) is 18.5 Å². The number of aryl methyl sites for hydroxylation is 1. The fourth-order valence-corrected chi connectivity index (χ4v) is 2.22. The standard InChI is InChI=1S/C10H15BrN2O/c11-4-1-9-7-12-13(8-9)10-2-5-14-6-3-10/h7-8,10H,1-6H2. The monoisotopic (exact) mass is 258 g/mol. The van der Waals surface area contributed by atoms with Crippen LogP contribution in [-0.2, 0) is 11.2 Å². The molecule has 78 valence electrons. The average Bonchev–Trinajstić information content (AvgIpc) is 2.68. The van der Waals surface area contributed by atoms with Crippen LogP contribution in [0.5, 0.6) is 0 Å². The summed E-state index contributed by atoms with van der Waals surface area (Å²) in [6, 6.07) is 0.549. The first-order valence-corrected chi connectivity index (χ1v) is 6.19. The van der Waals surface area contributed by atoms with Gasteiger partial charge in [0.15, 0.2) is 0 Å². The highest BCUT2D eigenvalue weighted by atomic mass is 79.9. The number of aromatic nitrogens is 2. The van der Waals surface area contributed by atoms with E-state index in [0.717, 1.165) is 37.8 Å². The first-order chi connectivity index (χ1) is 6.90. The van der Waals surface area contributed by atoms with E-state index in [1.165, 1.54) is 5.56 Å². The van der Waals surface area contributed by atoms with Gasteiger partial charge in [0.1, 0.15) is 0 Å². The number of alkyl halides is 1. The van der Waals surface area contributed by atoms with E-state index in [-0.39, 0.29) is 0 Å². The van der Waals surface area contributed by atoms with Gasteiger partial charge in [-0.15, -0.1) is 0 Å². The Hall–Kier alpha value is -0.350. The summed E-state index contributed by atoms with van der Waals surface area (Å²) < 4.78 is 7.42. The lowest BCUT2D eigenvalue weighted by Gasteiger charge is -2.22. The van der Waals surface area contributed by atoms with Gasteiger partial charge in [0.05, 0.1) is 12.2 Å². The quantitative estimate of drug-likeness (QED) is 0.778. The van der Waals surface area contributed by atoms with Crippen LogP contribution in [0.3, 0.4) is 0 Å². The third-order valence-electron chi connectivity index (χ3n) is 2.60. The SMILES string of the molecule is BrCCc1cnn(C2CCOCC2)c1. The van der Waals surface area contributed by atoms with Crippen molar-refractivity contribution < 1.29 is 4.74 Å². The van der Waals surface area contributed by atoms with Crippen molar-refractivity contribution in [2.24, 2.45) is 0 Å². The number of hydrogen-bond donors (Lipinski definition) is 0. The summed E-state index contributed by atoms with van der Waals surface area (Å²) in [6.07, 6.45) is 7.38. The van der Waals surface area contributed by atoms with Gasteiger partial charge >= 0.3 is 0 Å². The second-order valence-corrected chi connectivity index (χ2v) is 4.40. The van der Waals surface area contributed by atoms with Gasteiger partial charge < -0.3 is 4.74 Å². The highest BCUT2D eigenvalue weighted by Crippen LogP contribution is 2.20. The zero-order valence-corrected chi connectivity index (χ0v) is 9.74. The van der Waals surface area contributed by atoms with Crippen LogP contribution in [0.15, 0.2) is 12.4 Å². The van der Waals surface area contributed by atoms with Crippen LogP contribution in [0.25, 0.3) is 0 Å². The van der Waals surface area contributed by atoms with Crippen molar-refractivity contribution in [3.8, 4) is 0 Å². The highest BCUT2D eigenvalue weighted by molar-refractivity contribution is 9.09. The highest BCUT2D eigenvalue weighted by Gasteiger charge is 2.15. The average molecular weight is 259 g/mol. The zero-order chi connectivity index (χ0) is 9.80. The summed E-state index contributed by atoms with van der Waals surface area (Å²) in [7, 11) is 0. The van der Waals surface area contributed by atoms with Gasteiger partial charge in [-0.3, -0.25) is 4.68 Å². The van der Waals surface area contributed by atoms with E-state index in [1.807, 2.05) is 6.20 Å². The van der Waals surface area contributed by atoms with Gasteiger partial charge in [-0.2, -0.15) is 5.10 Å².